The third-order valence-corrected chi connectivity index (χ3v) is 2.06. The Kier molecular flexibility index (Phi) is 4.23. The molecule has 0 amide bonds. The molecule has 0 spiro atoms. The monoisotopic (exact) mass is 198 g/mol. The molecule has 0 unspecified atom stereocenters. The minimum absolute atomic E-state index is 0.305. The van der Waals surface area contributed by atoms with E-state index in [4.69, 9.17) is 9.47 Å². The first-order valence-electron chi connectivity index (χ1n) is 4.59. The van der Waals surface area contributed by atoms with E-state index < -0.39 is 0 Å². The summed E-state index contributed by atoms with van der Waals surface area (Å²) in [4.78, 5) is 0. The van der Waals surface area contributed by atoms with Crippen molar-refractivity contribution < 1.29 is 13.9 Å². The predicted molar refractivity (Wildman–Crippen MR) is 53.8 cm³/mol. The van der Waals surface area contributed by atoms with Gasteiger partial charge in [0, 0.05) is 0 Å². The van der Waals surface area contributed by atoms with Crippen LogP contribution < -0.4 is 9.47 Å². The van der Waals surface area contributed by atoms with E-state index in [1.807, 2.05) is 18.2 Å². The molecule has 0 saturated heterocycles. The van der Waals surface area contributed by atoms with Crippen LogP contribution in [0.2, 0.25) is 0 Å². The molecule has 0 aliphatic rings. The molecule has 1 rings (SSSR count). The summed E-state index contributed by atoms with van der Waals surface area (Å²) >= 11 is 0. The number of benzene rings is 1. The van der Waals surface area contributed by atoms with Crippen molar-refractivity contribution in [3.8, 4) is 11.5 Å². The Bertz CT molecular complexity index is 287. The van der Waals surface area contributed by atoms with Gasteiger partial charge in [-0.2, -0.15) is 0 Å². The van der Waals surface area contributed by atoms with E-state index in [0.717, 1.165) is 5.56 Å². The van der Waals surface area contributed by atoms with Crippen LogP contribution in [0, 0.1) is 0 Å². The molecular formula is C11H15FO2. The van der Waals surface area contributed by atoms with Gasteiger partial charge in [0.1, 0.15) is 0 Å². The third-order valence-electron chi connectivity index (χ3n) is 2.06. The van der Waals surface area contributed by atoms with E-state index in [9.17, 15) is 4.39 Å². The zero-order chi connectivity index (χ0) is 10.4. The molecule has 0 atom stereocenters. The van der Waals surface area contributed by atoms with Crippen LogP contribution in [0.15, 0.2) is 18.2 Å². The summed E-state index contributed by atoms with van der Waals surface area (Å²) in [5.74, 6) is 1.41. The highest BCUT2D eigenvalue weighted by Crippen LogP contribution is 2.31. The summed E-state index contributed by atoms with van der Waals surface area (Å²) in [6, 6.07) is 5.64. The molecule has 78 valence electrons. The molecule has 0 aliphatic carbocycles. The van der Waals surface area contributed by atoms with Gasteiger partial charge in [0.25, 0.3) is 0 Å². The molecule has 1 aromatic carbocycles. The Hall–Kier alpha value is -1.25. The summed E-state index contributed by atoms with van der Waals surface area (Å²) in [5.41, 5.74) is 0.990. The number of hydrogen-bond donors (Lipinski definition) is 0. The van der Waals surface area contributed by atoms with Gasteiger partial charge in [-0.05, 0) is 24.5 Å². The first-order chi connectivity index (χ1) is 6.83. The van der Waals surface area contributed by atoms with E-state index >= 15 is 0 Å². The minimum Gasteiger partial charge on any atom is -0.493 e. The molecule has 0 bridgehead atoms. The number of rotatable bonds is 5. The van der Waals surface area contributed by atoms with Crippen LogP contribution in [0.5, 0.6) is 11.5 Å². The first kappa shape index (κ1) is 10.8. The molecule has 2 nitrogen and oxygen atoms in total. The lowest BCUT2D eigenvalue weighted by atomic mass is 10.1. The topological polar surface area (TPSA) is 18.5 Å². The van der Waals surface area contributed by atoms with Crippen LogP contribution in [0.1, 0.15) is 12.0 Å². The van der Waals surface area contributed by atoms with Crippen LogP contribution >= 0.6 is 0 Å². The lowest BCUT2D eigenvalue weighted by Gasteiger charge is -2.11. The van der Waals surface area contributed by atoms with Gasteiger partial charge < -0.3 is 9.47 Å². The molecule has 0 heterocycles. The SMILES string of the molecule is COc1cccc(CCCF)c1OC. The second kappa shape index (κ2) is 5.47. The van der Waals surface area contributed by atoms with E-state index in [-0.39, 0.29) is 6.67 Å². The second-order valence-electron chi connectivity index (χ2n) is 2.95. The Morgan fingerprint density at radius 3 is 2.57 bits per heavy atom. The minimum atomic E-state index is -0.305. The molecular weight excluding hydrogens is 183 g/mol. The molecule has 0 aliphatic heterocycles. The van der Waals surface area contributed by atoms with Crippen molar-refractivity contribution in [2.24, 2.45) is 0 Å². The Labute approximate surface area is 83.6 Å². The Balaban J connectivity index is 2.90. The average molecular weight is 198 g/mol. The summed E-state index contributed by atoms with van der Waals surface area (Å²) in [6.07, 6.45) is 1.19. The highest BCUT2D eigenvalue weighted by atomic mass is 19.1. The van der Waals surface area contributed by atoms with Crippen LogP contribution in [0.3, 0.4) is 0 Å². The Morgan fingerprint density at radius 2 is 2.00 bits per heavy atom. The number of alkyl halides is 1. The van der Waals surface area contributed by atoms with Crippen molar-refractivity contribution in [3.63, 3.8) is 0 Å². The van der Waals surface area contributed by atoms with Crippen molar-refractivity contribution in [3.05, 3.63) is 23.8 Å². The third kappa shape index (κ3) is 2.37. The van der Waals surface area contributed by atoms with Gasteiger partial charge in [-0.3, -0.25) is 4.39 Å². The molecule has 0 saturated carbocycles. The molecule has 1 aromatic rings. The van der Waals surface area contributed by atoms with Crippen molar-refractivity contribution in [2.75, 3.05) is 20.9 Å². The lowest BCUT2D eigenvalue weighted by Crippen LogP contribution is -1.96. The van der Waals surface area contributed by atoms with Crippen molar-refractivity contribution >= 4 is 0 Å². The van der Waals surface area contributed by atoms with E-state index in [1.165, 1.54) is 0 Å². The second-order valence-corrected chi connectivity index (χ2v) is 2.95. The zero-order valence-corrected chi connectivity index (χ0v) is 8.55. The maximum Gasteiger partial charge on any atom is 0.163 e. The largest absolute Gasteiger partial charge is 0.493 e. The van der Waals surface area contributed by atoms with Gasteiger partial charge in [-0.25, -0.2) is 0 Å². The number of methoxy groups -OCH3 is 2. The van der Waals surface area contributed by atoms with Gasteiger partial charge in [0.2, 0.25) is 0 Å². The standard InChI is InChI=1S/C11H15FO2/c1-13-10-7-3-5-9(6-4-8-12)11(10)14-2/h3,5,7H,4,6,8H2,1-2H3. The molecule has 14 heavy (non-hydrogen) atoms. The number of para-hydroxylation sites is 1. The quantitative estimate of drug-likeness (QED) is 0.724. The van der Waals surface area contributed by atoms with Crippen molar-refractivity contribution in [1.82, 2.24) is 0 Å². The summed E-state index contributed by atoms with van der Waals surface area (Å²) in [6.45, 7) is -0.305. The van der Waals surface area contributed by atoms with Crippen molar-refractivity contribution in [2.45, 2.75) is 12.8 Å². The van der Waals surface area contributed by atoms with Gasteiger partial charge in [0.15, 0.2) is 11.5 Å². The molecule has 0 radical (unpaired) electrons. The van der Waals surface area contributed by atoms with E-state index in [1.54, 1.807) is 14.2 Å². The number of halogens is 1. The lowest BCUT2D eigenvalue weighted by molar-refractivity contribution is 0.350. The van der Waals surface area contributed by atoms with E-state index in [0.29, 0.717) is 24.3 Å². The van der Waals surface area contributed by atoms with Gasteiger partial charge >= 0.3 is 0 Å². The van der Waals surface area contributed by atoms with Gasteiger partial charge in [-0.1, -0.05) is 12.1 Å². The van der Waals surface area contributed by atoms with Crippen LogP contribution in [0.25, 0.3) is 0 Å². The fourth-order valence-electron chi connectivity index (χ4n) is 1.41. The zero-order valence-electron chi connectivity index (χ0n) is 8.55. The van der Waals surface area contributed by atoms with Crippen molar-refractivity contribution in [1.29, 1.82) is 0 Å². The Morgan fingerprint density at radius 1 is 1.21 bits per heavy atom. The highest BCUT2D eigenvalue weighted by Gasteiger charge is 2.08. The van der Waals surface area contributed by atoms with E-state index in [2.05, 4.69) is 0 Å². The fourth-order valence-corrected chi connectivity index (χ4v) is 1.41. The summed E-state index contributed by atoms with van der Waals surface area (Å²) in [5, 5.41) is 0. The number of ether oxygens (including phenoxy) is 2. The molecule has 0 N–H and O–H groups in total. The maximum atomic E-state index is 12.0. The van der Waals surface area contributed by atoms with Gasteiger partial charge in [-0.15, -0.1) is 0 Å². The smallest absolute Gasteiger partial charge is 0.163 e. The maximum absolute atomic E-state index is 12.0. The number of hydrogen-bond acceptors (Lipinski definition) is 2. The van der Waals surface area contributed by atoms with Crippen LogP contribution in [0.4, 0.5) is 4.39 Å². The first-order valence-corrected chi connectivity index (χ1v) is 4.59. The predicted octanol–water partition coefficient (Wildman–Crippen LogP) is 2.61. The molecule has 0 fully saturated rings. The normalized spacial score (nSPS) is 9.93. The average Bonchev–Trinajstić information content (AvgIpc) is 2.25. The molecule has 3 heteroatoms. The van der Waals surface area contributed by atoms with Crippen LogP contribution in [-0.2, 0) is 6.42 Å². The fraction of sp³-hybridized carbons (Fsp3) is 0.455. The summed E-state index contributed by atoms with van der Waals surface area (Å²) < 4.78 is 22.4. The van der Waals surface area contributed by atoms with Crippen LogP contribution in [-0.4, -0.2) is 20.9 Å². The molecule has 0 aromatic heterocycles. The highest BCUT2D eigenvalue weighted by molar-refractivity contribution is 5.46. The van der Waals surface area contributed by atoms with Gasteiger partial charge in [0.05, 0.1) is 20.9 Å². The summed E-state index contributed by atoms with van der Waals surface area (Å²) in [7, 11) is 3.19. The number of aryl methyl sites for hydroxylation is 1.